The average molecular weight is 443 g/mol. The molecule has 3 aromatic carbocycles. The van der Waals surface area contributed by atoms with Crippen molar-refractivity contribution in [1.29, 1.82) is 0 Å². The predicted octanol–water partition coefficient (Wildman–Crippen LogP) is 7.28. The number of phenolic OH excluding ortho intramolecular Hbond substituents is 1. The van der Waals surface area contributed by atoms with Crippen LogP contribution in [0.2, 0.25) is 0 Å². The first-order chi connectivity index (χ1) is 15.5. The van der Waals surface area contributed by atoms with E-state index in [1.165, 1.54) is 16.7 Å². The fraction of sp³-hybridized carbons (Fsp3) is 0.400. The lowest BCUT2D eigenvalue weighted by atomic mass is 9.74. The normalized spacial score (nSPS) is 22.1. The summed E-state index contributed by atoms with van der Waals surface area (Å²) in [6.07, 6.45) is 0.693. The summed E-state index contributed by atoms with van der Waals surface area (Å²) in [5.41, 5.74) is 6.28. The van der Waals surface area contributed by atoms with Crippen LogP contribution in [0.1, 0.15) is 87.3 Å². The van der Waals surface area contributed by atoms with E-state index in [2.05, 4.69) is 90.1 Å². The molecule has 1 spiro atoms. The van der Waals surface area contributed by atoms with Crippen LogP contribution in [0.3, 0.4) is 0 Å². The molecule has 33 heavy (non-hydrogen) atoms. The van der Waals surface area contributed by atoms with Crippen LogP contribution in [0.25, 0.3) is 0 Å². The van der Waals surface area contributed by atoms with Gasteiger partial charge in [-0.05, 0) is 39.2 Å². The third kappa shape index (κ3) is 3.63. The molecule has 0 bridgehead atoms. The molecule has 2 atom stereocenters. The van der Waals surface area contributed by atoms with Gasteiger partial charge in [0.05, 0.1) is 6.61 Å². The number of benzene rings is 3. The Morgan fingerprint density at radius 2 is 1.45 bits per heavy atom. The minimum atomic E-state index is -0.794. The van der Waals surface area contributed by atoms with Crippen molar-refractivity contribution in [3.63, 3.8) is 0 Å². The fourth-order valence-corrected chi connectivity index (χ4v) is 5.30. The topological polar surface area (TPSA) is 38.7 Å². The second kappa shape index (κ2) is 7.36. The van der Waals surface area contributed by atoms with Gasteiger partial charge in [0.2, 0.25) is 5.79 Å². The number of rotatable bonds is 1. The Balaban J connectivity index is 1.72. The van der Waals surface area contributed by atoms with Gasteiger partial charge >= 0.3 is 0 Å². The summed E-state index contributed by atoms with van der Waals surface area (Å²) >= 11 is 0. The molecule has 0 unspecified atom stereocenters. The van der Waals surface area contributed by atoms with Crippen LogP contribution in [0.5, 0.6) is 11.5 Å². The predicted molar refractivity (Wildman–Crippen MR) is 132 cm³/mol. The molecule has 172 valence electrons. The minimum absolute atomic E-state index is 0.0870. The Bertz CT molecular complexity index is 1180. The molecule has 0 saturated heterocycles. The summed E-state index contributed by atoms with van der Waals surface area (Å²) < 4.78 is 13.0. The van der Waals surface area contributed by atoms with Crippen molar-refractivity contribution in [3.8, 4) is 11.5 Å². The molecular weight excluding hydrogens is 408 g/mol. The van der Waals surface area contributed by atoms with E-state index < -0.39 is 5.79 Å². The second-order valence-corrected chi connectivity index (χ2v) is 11.6. The Labute approximate surface area is 197 Å². The van der Waals surface area contributed by atoms with E-state index in [-0.39, 0.29) is 16.7 Å². The minimum Gasteiger partial charge on any atom is -0.507 e. The highest BCUT2D eigenvalue weighted by molar-refractivity contribution is 5.54. The summed E-state index contributed by atoms with van der Waals surface area (Å²) in [5, 5.41) is 11.3. The first-order valence-corrected chi connectivity index (χ1v) is 11.9. The van der Waals surface area contributed by atoms with Gasteiger partial charge in [-0.25, -0.2) is 0 Å². The van der Waals surface area contributed by atoms with Crippen molar-refractivity contribution in [2.45, 2.75) is 77.1 Å². The zero-order valence-corrected chi connectivity index (χ0v) is 20.5. The molecule has 0 aliphatic carbocycles. The van der Waals surface area contributed by atoms with Gasteiger partial charge in [0.15, 0.2) is 0 Å². The van der Waals surface area contributed by atoms with Crippen molar-refractivity contribution in [3.05, 3.63) is 94.0 Å². The van der Waals surface area contributed by atoms with Crippen LogP contribution >= 0.6 is 0 Å². The Kier molecular flexibility index (Phi) is 4.92. The van der Waals surface area contributed by atoms with Gasteiger partial charge < -0.3 is 14.6 Å². The third-order valence-corrected chi connectivity index (χ3v) is 7.08. The van der Waals surface area contributed by atoms with Crippen LogP contribution in [0, 0.1) is 0 Å². The molecule has 3 aromatic rings. The maximum absolute atomic E-state index is 11.3. The van der Waals surface area contributed by atoms with E-state index in [0.29, 0.717) is 18.8 Å². The van der Waals surface area contributed by atoms with E-state index in [1.54, 1.807) is 0 Å². The standard InChI is InChI=1S/C30H34O3/c1-28(2,3)24-15-20(16-25(27(24)31)29(4,5)6)22-17-30(33-26-14-10-8-12-21(22)26)23-13-9-7-11-19(23)18-32-30/h7-16,22,31H,17-18H2,1-6H3/t22-,30+/m0/s1. The molecular formula is C30H34O3. The number of ether oxygens (including phenoxy) is 2. The molecule has 5 rings (SSSR count). The van der Waals surface area contributed by atoms with Gasteiger partial charge in [0, 0.05) is 23.5 Å². The smallest absolute Gasteiger partial charge is 0.238 e. The van der Waals surface area contributed by atoms with Crippen molar-refractivity contribution >= 4 is 0 Å². The first-order valence-electron chi connectivity index (χ1n) is 11.9. The van der Waals surface area contributed by atoms with Crippen molar-refractivity contribution in [2.75, 3.05) is 0 Å². The van der Waals surface area contributed by atoms with Gasteiger partial charge in [-0.1, -0.05) is 96.1 Å². The Hall–Kier alpha value is -2.78. The molecule has 2 aliphatic heterocycles. The van der Waals surface area contributed by atoms with E-state index >= 15 is 0 Å². The molecule has 3 nitrogen and oxygen atoms in total. The number of fused-ring (bicyclic) bond motifs is 3. The average Bonchev–Trinajstić information content (AvgIpc) is 3.09. The van der Waals surface area contributed by atoms with E-state index in [9.17, 15) is 5.11 Å². The number of phenols is 1. The Morgan fingerprint density at radius 1 is 0.848 bits per heavy atom. The maximum Gasteiger partial charge on any atom is 0.238 e. The van der Waals surface area contributed by atoms with Crippen LogP contribution in [-0.4, -0.2) is 5.11 Å². The molecule has 0 amide bonds. The summed E-state index contributed by atoms with van der Waals surface area (Å²) in [4.78, 5) is 0. The number of hydrogen-bond acceptors (Lipinski definition) is 3. The van der Waals surface area contributed by atoms with Crippen LogP contribution in [-0.2, 0) is 28.0 Å². The van der Waals surface area contributed by atoms with Crippen LogP contribution in [0.4, 0.5) is 0 Å². The summed E-state index contributed by atoms with van der Waals surface area (Å²) in [7, 11) is 0. The lowest BCUT2D eigenvalue weighted by Gasteiger charge is -2.40. The van der Waals surface area contributed by atoms with Crippen LogP contribution in [0.15, 0.2) is 60.7 Å². The van der Waals surface area contributed by atoms with E-state index in [4.69, 9.17) is 9.47 Å². The van der Waals surface area contributed by atoms with Gasteiger partial charge in [-0.15, -0.1) is 0 Å². The monoisotopic (exact) mass is 442 g/mol. The molecule has 0 fully saturated rings. The van der Waals surface area contributed by atoms with Gasteiger partial charge in [0.25, 0.3) is 0 Å². The van der Waals surface area contributed by atoms with E-state index in [0.717, 1.165) is 22.4 Å². The summed E-state index contributed by atoms with van der Waals surface area (Å²) in [6, 6.07) is 21.1. The molecule has 0 radical (unpaired) electrons. The van der Waals surface area contributed by atoms with Crippen LogP contribution < -0.4 is 4.74 Å². The zero-order valence-electron chi connectivity index (χ0n) is 20.5. The highest BCUT2D eigenvalue weighted by atomic mass is 16.7. The van der Waals surface area contributed by atoms with Gasteiger partial charge in [0.1, 0.15) is 11.5 Å². The first kappa shape index (κ1) is 22.0. The molecule has 3 heteroatoms. The lowest BCUT2D eigenvalue weighted by molar-refractivity contribution is -0.195. The highest BCUT2D eigenvalue weighted by Crippen LogP contribution is 2.53. The fourth-order valence-electron chi connectivity index (χ4n) is 5.30. The summed E-state index contributed by atoms with van der Waals surface area (Å²) in [5.74, 6) is 0.574. The molecule has 0 saturated carbocycles. The second-order valence-electron chi connectivity index (χ2n) is 11.6. The number of para-hydroxylation sites is 1. The number of hydrogen-bond donors (Lipinski definition) is 1. The zero-order chi connectivity index (χ0) is 23.6. The maximum atomic E-state index is 11.3. The molecule has 1 N–H and O–H groups in total. The highest BCUT2D eigenvalue weighted by Gasteiger charge is 2.48. The molecule has 2 heterocycles. The molecule has 0 aromatic heterocycles. The Morgan fingerprint density at radius 3 is 2.12 bits per heavy atom. The lowest BCUT2D eigenvalue weighted by Crippen LogP contribution is -2.38. The van der Waals surface area contributed by atoms with Gasteiger partial charge in [-0.2, -0.15) is 0 Å². The largest absolute Gasteiger partial charge is 0.507 e. The van der Waals surface area contributed by atoms with Crippen molar-refractivity contribution in [2.24, 2.45) is 0 Å². The van der Waals surface area contributed by atoms with Crippen molar-refractivity contribution in [1.82, 2.24) is 0 Å². The van der Waals surface area contributed by atoms with Gasteiger partial charge in [-0.3, -0.25) is 0 Å². The van der Waals surface area contributed by atoms with Crippen molar-refractivity contribution < 1.29 is 14.6 Å². The SMILES string of the molecule is CC(C)(C)c1cc([C@@H]2C[C@@]3(OCc4ccccc43)Oc3ccccc32)cc(C(C)(C)C)c1O. The third-order valence-electron chi connectivity index (χ3n) is 7.08. The van der Waals surface area contributed by atoms with E-state index in [1.807, 2.05) is 12.1 Å². The summed E-state index contributed by atoms with van der Waals surface area (Å²) in [6.45, 7) is 13.5. The quantitative estimate of drug-likeness (QED) is 0.430. The molecule has 2 aliphatic rings. The number of aromatic hydroxyl groups is 1.